The summed E-state index contributed by atoms with van der Waals surface area (Å²) in [4.78, 5) is 14.3. The Kier molecular flexibility index (Phi) is 3.81. The van der Waals surface area contributed by atoms with Crippen LogP contribution in [-0.2, 0) is 9.53 Å². The molecule has 2 aliphatic heterocycles. The van der Waals surface area contributed by atoms with Crippen molar-refractivity contribution in [2.75, 3.05) is 26.3 Å². The summed E-state index contributed by atoms with van der Waals surface area (Å²) in [6.45, 7) is 5.45. The molecule has 1 unspecified atom stereocenters. The van der Waals surface area contributed by atoms with Crippen molar-refractivity contribution in [3.05, 3.63) is 0 Å². The molecule has 1 atom stereocenters. The second kappa shape index (κ2) is 5.41. The Morgan fingerprint density at radius 1 is 1.32 bits per heavy atom. The molecule has 108 valence electrons. The topological polar surface area (TPSA) is 41.6 Å². The number of ether oxygens (including phenoxy) is 1. The number of hydrogen-bond donors (Lipinski definition) is 1. The van der Waals surface area contributed by atoms with Gasteiger partial charge in [0.1, 0.15) is 0 Å². The van der Waals surface area contributed by atoms with Crippen LogP contribution in [0.5, 0.6) is 0 Å². The molecule has 1 N–H and O–H groups in total. The SMILES string of the molecule is CC1(CN2C(=O)CNC2C2CCCC2)CCOCC1. The van der Waals surface area contributed by atoms with Crippen molar-refractivity contribution in [2.45, 2.75) is 51.6 Å². The van der Waals surface area contributed by atoms with Crippen LogP contribution in [0.2, 0.25) is 0 Å². The summed E-state index contributed by atoms with van der Waals surface area (Å²) in [7, 11) is 0. The molecule has 0 aromatic heterocycles. The van der Waals surface area contributed by atoms with Crippen molar-refractivity contribution in [1.82, 2.24) is 10.2 Å². The lowest BCUT2D eigenvalue weighted by Crippen LogP contribution is -2.48. The molecule has 19 heavy (non-hydrogen) atoms. The van der Waals surface area contributed by atoms with E-state index < -0.39 is 0 Å². The first-order valence-corrected chi connectivity index (χ1v) is 7.79. The molecule has 0 spiro atoms. The first kappa shape index (κ1) is 13.4. The Bertz CT molecular complexity index is 333. The van der Waals surface area contributed by atoms with E-state index in [0.717, 1.165) is 32.6 Å². The van der Waals surface area contributed by atoms with Crippen LogP contribution in [-0.4, -0.2) is 43.3 Å². The zero-order valence-electron chi connectivity index (χ0n) is 12.0. The number of nitrogens with one attached hydrogen (secondary N) is 1. The van der Waals surface area contributed by atoms with Crippen LogP contribution in [0.4, 0.5) is 0 Å². The van der Waals surface area contributed by atoms with E-state index >= 15 is 0 Å². The molecule has 2 saturated heterocycles. The number of carbonyl (C=O) groups is 1. The van der Waals surface area contributed by atoms with Crippen molar-refractivity contribution >= 4 is 5.91 Å². The monoisotopic (exact) mass is 266 g/mol. The summed E-state index contributed by atoms with van der Waals surface area (Å²) >= 11 is 0. The molecule has 4 heteroatoms. The van der Waals surface area contributed by atoms with E-state index in [9.17, 15) is 4.79 Å². The molecule has 0 bridgehead atoms. The maximum atomic E-state index is 12.2. The Balaban J connectivity index is 1.67. The molecule has 1 saturated carbocycles. The van der Waals surface area contributed by atoms with Crippen molar-refractivity contribution < 1.29 is 9.53 Å². The van der Waals surface area contributed by atoms with Crippen molar-refractivity contribution in [3.63, 3.8) is 0 Å². The van der Waals surface area contributed by atoms with Gasteiger partial charge in [-0.2, -0.15) is 0 Å². The zero-order valence-corrected chi connectivity index (χ0v) is 12.0. The van der Waals surface area contributed by atoms with Crippen LogP contribution in [0.1, 0.15) is 45.4 Å². The van der Waals surface area contributed by atoms with Gasteiger partial charge in [0, 0.05) is 19.8 Å². The van der Waals surface area contributed by atoms with Gasteiger partial charge >= 0.3 is 0 Å². The van der Waals surface area contributed by atoms with Gasteiger partial charge in [-0.25, -0.2) is 0 Å². The molecule has 1 amide bonds. The van der Waals surface area contributed by atoms with Crippen LogP contribution in [0.3, 0.4) is 0 Å². The fourth-order valence-corrected chi connectivity index (χ4v) is 3.87. The van der Waals surface area contributed by atoms with Crippen LogP contribution < -0.4 is 5.32 Å². The molecular formula is C15H26N2O2. The second-order valence-corrected chi connectivity index (χ2v) is 6.81. The van der Waals surface area contributed by atoms with Gasteiger partial charge in [0.15, 0.2) is 0 Å². The summed E-state index contributed by atoms with van der Waals surface area (Å²) in [6, 6.07) is 0. The average Bonchev–Trinajstić information content (AvgIpc) is 3.01. The minimum Gasteiger partial charge on any atom is -0.381 e. The van der Waals surface area contributed by atoms with Gasteiger partial charge in [-0.05, 0) is 37.0 Å². The van der Waals surface area contributed by atoms with Crippen LogP contribution in [0, 0.1) is 11.3 Å². The van der Waals surface area contributed by atoms with Gasteiger partial charge in [-0.1, -0.05) is 19.8 Å². The molecule has 0 radical (unpaired) electrons. The quantitative estimate of drug-likeness (QED) is 0.846. The highest BCUT2D eigenvalue weighted by Crippen LogP contribution is 2.35. The predicted octanol–water partition coefficient (Wildman–Crippen LogP) is 1.75. The summed E-state index contributed by atoms with van der Waals surface area (Å²) < 4.78 is 5.46. The average molecular weight is 266 g/mol. The first-order chi connectivity index (χ1) is 9.18. The summed E-state index contributed by atoms with van der Waals surface area (Å²) in [6.07, 6.45) is 7.67. The van der Waals surface area contributed by atoms with Crippen LogP contribution >= 0.6 is 0 Å². The number of nitrogens with zero attached hydrogens (tertiary/aromatic N) is 1. The summed E-state index contributed by atoms with van der Waals surface area (Å²) in [5.41, 5.74) is 0.247. The van der Waals surface area contributed by atoms with Gasteiger partial charge in [-0.15, -0.1) is 0 Å². The van der Waals surface area contributed by atoms with Crippen LogP contribution in [0.25, 0.3) is 0 Å². The fraction of sp³-hybridized carbons (Fsp3) is 0.933. The molecule has 3 rings (SSSR count). The molecule has 3 fully saturated rings. The molecule has 0 aromatic rings. The normalized spacial score (nSPS) is 32.2. The third-order valence-electron chi connectivity index (χ3n) is 5.22. The summed E-state index contributed by atoms with van der Waals surface area (Å²) in [5, 5.41) is 3.45. The van der Waals surface area contributed by atoms with Gasteiger partial charge < -0.3 is 9.64 Å². The highest BCUT2D eigenvalue weighted by atomic mass is 16.5. The maximum Gasteiger partial charge on any atom is 0.237 e. The van der Waals surface area contributed by atoms with Crippen molar-refractivity contribution in [3.8, 4) is 0 Å². The zero-order chi connectivity index (χ0) is 13.3. The van der Waals surface area contributed by atoms with Gasteiger partial charge in [0.05, 0.1) is 12.7 Å². The summed E-state index contributed by atoms with van der Waals surface area (Å²) in [5.74, 6) is 0.972. The molecule has 1 aliphatic carbocycles. The standard InChI is InChI=1S/C15H26N2O2/c1-15(6-8-19-9-7-15)11-17-13(18)10-16-14(17)12-4-2-3-5-12/h12,14,16H,2-11H2,1H3. The third kappa shape index (κ3) is 2.79. The molecule has 3 aliphatic rings. The van der Waals surface area contributed by atoms with E-state index in [4.69, 9.17) is 4.74 Å². The number of rotatable bonds is 3. The van der Waals surface area contributed by atoms with E-state index in [1.165, 1.54) is 25.7 Å². The largest absolute Gasteiger partial charge is 0.381 e. The fourth-order valence-electron chi connectivity index (χ4n) is 3.87. The molecular weight excluding hydrogens is 240 g/mol. The van der Waals surface area contributed by atoms with E-state index in [2.05, 4.69) is 17.1 Å². The lowest BCUT2D eigenvalue weighted by molar-refractivity contribution is -0.131. The second-order valence-electron chi connectivity index (χ2n) is 6.81. The maximum absolute atomic E-state index is 12.2. The molecule has 4 nitrogen and oxygen atoms in total. The minimum atomic E-state index is 0.247. The Morgan fingerprint density at radius 2 is 2.00 bits per heavy atom. The van der Waals surface area contributed by atoms with Crippen LogP contribution in [0.15, 0.2) is 0 Å². The van der Waals surface area contributed by atoms with Crippen molar-refractivity contribution in [2.24, 2.45) is 11.3 Å². The van der Waals surface area contributed by atoms with Gasteiger partial charge in [-0.3, -0.25) is 10.1 Å². The van der Waals surface area contributed by atoms with Gasteiger partial charge in [0.25, 0.3) is 0 Å². The number of amides is 1. The lowest BCUT2D eigenvalue weighted by Gasteiger charge is -2.40. The predicted molar refractivity (Wildman–Crippen MR) is 73.6 cm³/mol. The first-order valence-electron chi connectivity index (χ1n) is 7.79. The van der Waals surface area contributed by atoms with E-state index in [0.29, 0.717) is 24.5 Å². The third-order valence-corrected chi connectivity index (χ3v) is 5.22. The number of hydrogen-bond acceptors (Lipinski definition) is 3. The minimum absolute atomic E-state index is 0.247. The molecule has 0 aromatic carbocycles. The van der Waals surface area contributed by atoms with E-state index in [-0.39, 0.29) is 5.41 Å². The Hall–Kier alpha value is -0.610. The smallest absolute Gasteiger partial charge is 0.237 e. The highest BCUT2D eigenvalue weighted by molar-refractivity contribution is 5.80. The van der Waals surface area contributed by atoms with E-state index in [1.807, 2.05) is 0 Å². The van der Waals surface area contributed by atoms with Crippen molar-refractivity contribution in [1.29, 1.82) is 0 Å². The Morgan fingerprint density at radius 3 is 2.68 bits per heavy atom. The molecule has 2 heterocycles. The van der Waals surface area contributed by atoms with Gasteiger partial charge in [0.2, 0.25) is 5.91 Å². The highest BCUT2D eigenvalue weighted by Gasteiger charge is 2.41. The number of carbonyl (C=O) groups excluding carboxylic acids is 1. The Labute approximate surface area is 115 Å². The lowest BCUT2D eigenvalue weighted by atomic mass is 9.81. The van der Waals surface area contributed by atoms with E-state index in [1.54, 1.807) is 0 Å².